The summed E-state index contributed by atoms with van der Waals surface area (Å²) in [5.74, 6) is -0.581. The molecule has 0 aliphatic carbocycles. The largest absolute Gasteiger partial charge is 0.494 e. The number of carboxylic acids is 1. The van der Waals surface area contributed by atoms with Crippen molar-refractivity contribution in [3.63, 3.8) is 0 Å². The molecular weight excluding hydrogens is 288 g/mol. The van der Waals surface area contributed by atoms with Gasteiger partial charge in [-0.05, 0) is 68.5 Å². The second-order valence-electron chi connectivity index (χ2n) is 5.97. The fourth-order valence-electron chi connectivity index (χ4n) is 3.05. The summed E-state index contributed by atoms with van der Waals surface area (Å²) in [7, 11) is 0. The van der Waals surface area contributed by atoms with Crippen molar-refractivity contribution in [1.29, 1.82) is 0 Å². The first-order valence-corrected chi connectivity index (χ1v) is 7.94. The molecule has 1 atom stereocenters. The number of carboxylic acid groups (broad SMARTS) is 1. The molecule has 3 nitrogen and oxygen atoms in total. The van der Waals surface area contributed by atoms with Crippen molar-refractivity contribution < 1.29 is 14.6 Å². The van der Waals surface area contributed by atoms with Crippen LogP contribution in [0.3, 0.4) is 0 Å². The van der Waals surface area contributed by atoms with Crippen molar-refractivity contribution >= 4 is 5.97 Å². The average Bonchev–Trinajstić information content (AvgIpc) is 2.47. The summed E-state index contributed by atoms with van der Waals surface area (Å²) in [6.07, 6.45) is 0.501. The Bertz CT molecular complexity index is 664. The third-order valence-corrected chi connectivity index (χ3v) is 4.14. The molecule has 0 amide bonds. The average molecular weight is 312 g/mol. The van der Waals surface area contributed by atoms with Crippen LogP contribution in [-0.2, 0) is 11.2 Å². The van der Waals surface area contributed by atoms with Crippen molar-refractivity contribution in [2.24, 2.45) is 0 Å². The quantitative estimate of drug-likeness (QED) is 0.858. The van der Waals surface area contributed by atoms with E-state index in [-0.39, 0.29) is 0 Å². The second kappa shape index (κ2) is 7.32. The van der Waals surface area contributed by atoms with Gasteiger partial charge in [-0.2, -0.15) is 0 Å². The van der Waals surface area contributed by atoms with Crippen molar-refractivity contribution in [2.75, 3.05) is 6.61 Å². The van der Waals surface area contributed by atoms with Crippen molar-refractivity contribution in [1.82, 2.24) is 0 Å². The van der Waals surface area contributed by atoms with Gasteiger partial charge in [0.15, 0.2) is 0 Å². The number of aliphatic carboxylic acids is 1. The van der Waals surface area contributed by atoms with Gasteiger partial charge in [-0.25, -0.2) is 0 Å². The predicted molar refractivity (Wildman–Crippen MR) is 92.3 cm³/mol. The minimum atomic E-state index is -0.798. The number of hydrogen-bond donors (Lipinski definition) is 1. The van der Waals surface area contributed by atoms with E-state index in [4.69, 9.17) is 4.74 Å². The van der Waals surface area contributed by atoms with Crippen LogP contribution in [0.4, 0.5) is 0 Å². The highest BCUT2D eigenvalue weighted by Crippen LogP contribution is 2.27. The monoisotopic (exact) mass is 312 g/mol. The molecule has 1 unspecified atom stereocenters. The minimum Gasteiger partial charge on any atom is -0.494 e. The Balaban J connectivity index is 2.31. The van der Waals surface area contributed by atoms with Crippen LogP contribution in [0, 0.1) is 20.8 Å². The van der Waals surface area contributed by atoms with Crippen molar-refractivity contribution in [3.8, 4) is 5.75 Å². The second-order valence-corrected chi connectivity index (χ2v) is 5.97. The van der Waals surface area contributed by atoms with Crippen LogP contribution >= 0.6 is 0 Å². The van der Waals surface area contributed by atoms with Crippen LogP contribution in [0.2, 0.25) is 0 Å². The molecule has 0 aliphatic heterocycles. The molecule has 0 saturated carbocycles. The van der Waals surface area contributed by atoms with Gasteiger partial charge < -0.3 is 9.84 Å². The molecule has 0 bridgehead atoms. The molecule has 0 spiro atoms. The lowest BCUT2D eigenvalue weighted by atomic mass is 9.87. The number of hydrogen-bond acceptors (Lipinski definition) is 2. The summed E-state index contributed by atoms with van der Waals surface area (Å²) in [6.45, 7) is 8.68. The fourth-order valence-corrected chi connectivity index (χ4v) is 3.05. The van der Waals surface area contributed by atoms with E-state index in [0.717, 1.165) is 28.0 Å². The van der Waals surface area contributed by atoms with E-state index in [1.807, 2.05) is 45.0 Å². The van der Waals surface area contributed by atoms with E-state index < -0.39 is 11.9 Å². The molecular formula is C20H24O3. The topological polar surface area (TPSA) is 46.5 Å². The number of carbonyl (C=O) groups is 1. The number of ether oxygens (including phenoxy) is 1. The van der Waals surface area contributed by atoms with E-state index in [9.17, 15) is 9.90 Å². The van der Waals surface area contributed by atoms with Crippen LogP contribution < -0.4 is 4.74 Å². The molecule has 0 aromatic heterocycles. The van der Waals surface area contributed by atoms with Crippen molar-refractivity contribution in [2.45, 2.75) is 40.0 Å². The zero-order valence-corrected chi connectivity index (χ0v) is 14.2. The number of rotatable bonds is 6. The Morgan fingerprint density at radius 2 is 1.65 bits per heavy atom. The van der Waals surface area contributed by atoms with Crippen LogP contribution in [0.25, 0.3) is 0 Å². The van der Waals surface area contributed by atoms with E-state index >= 15 is 0 Å². The molecule has 0 aliphatic rings. The third kappa shape index (κ3) is 4.13. The van der Waals surface area contributed by atoms with Gasteiger partial charge in [-0.15, -0.1) is 0 Å². The highest BCUT2D eigenvalue weighted by Gasteiger charge is 2.22. The minimum absolute atomic E-state index is 0.501. The summed E-state index contributed by atoms with van der Waals surface area (Å²) in [5, 5.41) is 9.67. The van der Waals surface area contributed by atoms with Gasteiger partial charge in [0.1, 0.15) is 5.75 Å². The lowest BCUT2D eigenvalue weighted by Crippen LogP contribution is -2.16. The van der Waals surface area contributed by atoms with E-state index in [1.165, 1.54) is 5.56 Å². The van der Waals surface area contributed by atoms with Gasteiger partial charge in [-0.3, -0.25) is 4.79 Å². The molecule has 122 valence electrons. The molecule has 0 heterocycles. The Morgan fingerprint density at radius 3 is 2.13 bits per heavy atom. The molecule has 1 N–H and O–H groups in total. The van der Waals surface area contributed by atoms with Gasteiger partial charge in [0.25, 0.3) is 0 Å². The Morgan fingerprint density at radius 1 is 1.09 bits per heavy atom. The zero-order chi connectivity index (χ0) is 17.0. The molecule has 0 radical (unpaired) electrons. The Kier molecular flexibility index (Phi) is 5.43. The third-order valence-electron chi connectivity index (χ3n) is 4.14. The first-order valence-electron chi connectivity index (χ1n) is 7.94. The summed E-state index contributed by atoms with van der Waals surface area (Å²) in [6, 6.07) is 11.6. The molecule has 2 aromatic rings. The van der Waals surface area contributed by atoms with Crippen LogP contribution in [-0.4, -0.2) is 17.7 Å². The summed E-state index contributed by atoms with van der Waals surface area (Å²) in [4.78, 5) is 11.8. The zero-order valence-electron chi connectivity index (χ0n) is 14.2. The van der Waals surface area contributed by atoms with E-state index in [1.54, 1.807) is 0 Å². The molecule has 0 fully saturated rings. The summed E-state index contributed by atoms with van der Waals surface area (Å²) in [5.41, 5.74) is 5.44. The van der Waals surface area contributed by atoms with Crippen LogP contribution in [0.15, 0.2) is 36.4 Å². The molecule has 2 rings (SSSR count). The van der Waals surface area contributed by atoms with Crippen molar-refractivity contribution in [3.05, 3.63) is 64.2 Å². The van der Waals surface area contributed by atoms with Gasteiger partial charge in [0, 0.05) is 0 Å². The summed E-state index contributed by atoms with van der Waals surface area (Å²) >= 11 is 0. The SMILES string of the molecule is CCOc1ccc(C(Cc2c(C)cc(C)cc2C)C(=O)O)cc1. The molecule has 23 heavy (non-hydrogen) atoms. The highest BCUT2D eigenvalue weighted by atomic mass is 16.5. The number of aryl methyl sites for hydroxylation is 3. The molecule has 3 heteroatoms. The molecule has 2 aromatic carbocycles. The molecule has 0 saturated heterocycles. The highest BCUT2D eigenvalue weighted by molar-refractivity contribution is 5.76. The fraction of sp³-hybridized carbons (Fsp3) is 0.350. The van der Waals surface area contributed by atoms with E-state index in [0.29, 0.717) is 13.0 Å². The lowest BCUT2D eigenvalue weighted by molar-refractivity contribution is -0.138. The van der Waals surface area contributed by atoms with E-state index in [2.05, 4.69) is 19.1 Å². The number of benzene rings is 2. The smallest absolute Gasteiger partial charge is 0.311 e. The maximum atomic E-state index is 11.8. The lowest BCUT2D eigenvalue weighted by Gasteiger charge is -2.17. The van der Waals surface area contributed by atoms with Gasteiger partial charge in [0.2, 0.25) is 0 Å². The standard InChI is InChI=1S/C20H24O3/c1-5-23-17-8-6-16(7-9-17)19(20(21)22)12-18-14(3)10-13(2)11-15(18)4/h6-11,19H,5,12H2,1-4H3,(H,21,22). The van der Waals surface area contributed by atoms with Gasteiger partial charge in [0.05, 0.1) is 12.5 Å². The first-order chi connectivity index (χ1) is 10.9. The summed E-state index contributed by atoms with van der Waals surface area (Å²) < 4.78 is 5.42. The van der Waals surface area contributed by atoms with Gasteiger partial charge >= 0.3 is 5.97 Å². The van der Waals surface area contributed by atoms with Gasteiger partial charge in [-0.1, -0.05) is 29.8 Å². The van der Waals surface area contributed by atoms with Crippen LogP contribution in [0.1, 0.15) is 40.7 Å². The maximum absolute atomic E-state index is 11.8. The normalized spacial score (nSPS) is 12.0. The van der Waals surface area contributed by atoms with Crippen LogP contribution in [0.5, 0.6) is 5.75 Å². The maximum Gasteiger partial charge on any atom is 0.311 e. The Hall–Kier alpha value is -2.29. The Labute approximate surface area is 137 Å². The first kappa shape index (κ1) is 17.1. The predicted octanol–water partition coefficient (Wildman–Crippen LogP) is 4.42.